The Morgan fingerprint density at radius 3 is 2.34 bits per heavy atom. The fraction of sp³-hybridized carbons (Fsp3) is 0.371. The topological polar surface area (TPSA) is 121 Å². The fourth-order valence-electron chi connectivity index (χ4n) is 6.04. The molecule has 2 fully saturated rings. The molecule has 2 N–H and O–H groups in total. The number of carbonyl (C=O) groups excluding carboxylic acids is 2. The Morgan fingerprint density at radius 2 is 1.72 bits per heavy atom. The summed E-state index contributed by atoms with van der Waals surface area (Å²) in [6, 6.07) is 12.1. The van der Waals surface area contributed by atoms with Gasteiger partial charge in [-0.1, -0.05) is 0 Å². The molecule has 3 aromatic carbocycles. The van der Waals surface area contributed by atoms with E-state index in [1.807, 2.05) is 34.8 Å². The van der Waals surface area contributed by atoms with Gasteiger partial charge in [0.15, 0.2) is 17.5 Å². The Hall–Kier alpha value is -5.31. The van der Waals surface area contributed by atoms with Crippen LogP contribution in [0.5, 0.6) is 11.5 Å². The molecule has 0 bridgehead atoms. The van der Waals surface area contributed by atoms with Gasteiger partial charge in [-0.3, -0.25) is 14.4 Å². The van der Waals surface area contributed by atoms with E-state index < -0.39 is 23.2 Å². The number of aromatic nitrogens is 2. The summed E-state index contributed by atoms with van der Waals surface area (Å²) < 4.78 is 53.0. The Bertz CT molecular complexity index is 1880. The minimum absolute atomic E-state index is 0.0202. The predicted molar refractivity (Wildman–Crippen MR) is 184 cm³/mol. The van der Waals surface area contributed by atoms with E-state index in [2.05, 4.69) is 15.6 Å². The Labute approximate surface area is 287 Å². The molecule has 2 aliphatic heterocycles. The number of anilines is 2. The number of nitrogens with one attached hydrogen (secondary N) is 2. The van der Waals surface area contributed by atoms with E-state index in [1.54, 1.807) is 26.4 Å². The van der Waals surface area contributed by atoms with Crippen LogP contribution in [0.25, 0.3) is 10.9 Å². The van der Waals surface area contributed by atoms with Crippen LogP contribution in [-0.2, 0) is 9.59 Å². The molecule has 1 aromatic heterocycles. The summed E-state index contributed by atoms with van der Waals surface area (Å²) in [5.41, 5.74) is 0.883. The van der Waals surface area contributed by atoms with E-state index >= 15 is 0 Å². The van der Waals surface area contributed by atoms with E-state index in [9.17, 15) is 27.6 Å². The zero-order chi connectivity index (χ0) is 35.9. The Balaban J connectivity index is 0.000000418. The lowest BCUT2D eigenvalue weighted by atomic mass is 10.1. The van der Waals surface area contributed by atoms with Crippen LogP contribution in [0, 0.1) is 17.5 Å². The molecule has 15 heteroatoms. The number of ether oxygens (including phenoxy) is 2. The van der Waals surface area contributed by atoms with Gasteiger partial charge in [-0.25, -0.2) is 22.8 Å². The number of carbonyl (C=O) groups is 2. The molecule has 12 nitrogen and oxygen atoms in total. The minimum atomic E-state index is -1.11. The van der Waals surface area contributed by atoms with Crippen molar-refractivity contribution in [2.75, 3.05) is 69.2 Å². The Morgan fingerprint density at radius 1 is 1.02 bits per heavy atom. The van der Waals surface area contributed by atoms with Crippen LogP contribution >= 0.6 is 0 Å². The van der Waals surface area contributed by atoms with Crippen molar-refractivity contribution in [2.45, 2.75) is 31.8 Å². The molecule has 2 aliphatic rings. The molecule has 0 saturated carbocycles. The highest BCUT2D eigenvalue weighted by atomic mass is 19.2. The fourth-order valence-corrected chi connectivity index (χ4v) is 6.04. The van der Waals surface area contributed by atoms with Crippen molar-refractivity contribution in [1.82, 2.24) is 19.9 Å². The number of methoxy groups -OCH3 is 2. The van der Waals surface area contributed by atoms with E-state index in [-0.39, 0.29) is 28.7 Å². The van der Waals surface area contributed by atoms with Gasteiger partial charge < -0.3 is 34.9 Å². The van der Waals surface area contributed by atoms with Crippen LogP contribution < -0.4 is 35.6 Å². The summed E-state index contributed by atoms with van der Waals surface area (Å²) >= 11 is 0. The van der Waals surface area contributed by atoms with Gasteiger partial charge in [-0.05, 0) is 68.8 Å². The number of fused-ring (bicyclic) bond motifs is 1. The van der Waals surface area contributed by atoms with Gasteiger partial charge in [-0.2, -0.15) is 0 Å². The molecule has 2 saturated heterocycles. The summed E-state index contributed by atoms with van der Waals surface area (Å²) in [6.07, 6.45) is 2.34. The smallest absolute Gasteiger partial charge is 0.280 e. The largest absolute Gasteiger partial charge is 0.497 e. The highest BCUT2D eigenvalue weighted by Gasteiger charge is 2.32. The zero-order valence-electron chi connectivity index (χ0n) is 28.3. The lowest BCUT2D eigenvalue weighted by Crippen LogP contribution is -2.58. The van der Waals surface area contributed by atoms with Crippen LogP contribution in [0.4, 0.5) is 24.5 Å². The summed E-state index contributed by atoms with van der Waals surface area (Å²) in [5.74, 6) is -0.896. The molecular weight excluding hydrogens is 655 g/mol. The first-order valence-corrected chi connectivity index (χ1v) is 16.2. The number of piperazine rings is 1. The molecular formula is C35H40F3N7O5. The van der Waals surface area contributed by atoms with Gasteiger partial charge in [0, 0.05) is 38.0 Å². The molecule has 0 spiro atoms. The van der Waals surface area contributed by atoms with Crippen molar-refractivity contribution in [1.29, 1.82) is 0 Å². The number of rotatable bonds is 9. The van der Waals surface area contributed by atoms with E-state index in [1.165, 1.54) is 28.9 Å². The summed E-state index contributed by atoms with van der Waals surface area (Å²) in [6.45, 7) is 4.32. The highest BCUT2D eigenvalue weighted by Crippen LogP contribution is 2.35. The minimum Gasteiger partial charge on any atom is -0.497 e. The molecule has 3 heterocycles. The Kier molecular flexibility index (Phi) is 11.5. The molecule has 266 valence electrons. The predicted octanol–water partition coefficient (Wildman–Crippen LogP) is 3.82. The van der Waals surface area contributed by atoms with Crippen LogP contribution in [0.1, 0.15) is 31.6 Å². The van der Waals surface area contributed by atoms with Crippen LogP contribution in [0.2, 0.25) is 0 Å². The SMILES string of the molecule is COc1ccc(N(C)C(C)c2nc3cc(F)c(F)cc3c(=O)n2N2CCN(C(=O)C3CCCN3)CC2)c(OC)c1.O=CNc1ccc(F)cc1. The van der Waals surface area contributed by atoms with E-state index in [4.69, 9.17) is 9.47 Å². The van der Waals surface area contributed by atoms with Crippen molar-refractivity contribution in [3.05, 3.63) is 88.2 Å². The van der Waals surface area contributed by atoms with Gasteiger partial charge in [0.05, 0.1) is 56.0 Å². The number of hydrogen-bond acceptors (Lipinski definition) is 9. The van der Waals surface area contributed by atoms with E-state index in [0.29, 0.717) is 55.6 Å². The first kappa shape index (κ1) is 36.0. The maximum atomic E-state index is 14.2. The molecule has 4 aromatic rings. The number of hydrogen-bond donors (Lipinski definition) is 2. The van der Waals surface area contributed by atoms with Crippen molar-refractivity contribution in [3.8, 4) is 11.5 Å². The average Bonchev–Trinajstić information content (AvgIpc) is 3.68. The van der Waals surface area contributed by atoms with Gasteiger partial charge in [-0.15, -0.1) is 0 Å². The van der Waals surface area contributed by atoms with Crippen molar-refractivity contribution >= 4 is 34.6 Å². The van der Waals surface area contributed by atoms with Gasteiger partial charge in [0.1, 0.15) is 17.3 Å². The molecule has 0 radical (unpaired) electrons. The normalized spacial score (nSPS) is 16.3. The highest BCUT2D eigenvalue weighted by molar-refractivity contribution is 5.82. The summed E-state index contributed by atoms with van der Waals surface area (Å²) in [7, 11) is 4.96. The van der Waals surface area contributed by atoms with Crippen molar-refractivity contribution in [2.24, 2.45) is 0 Å². The molecule has 6 rings (SSSR count). The van der Waals surface area contributed by atoms with E-state index in [0.717, 1.165) is 37.2 Å². The lowest BCUT2D eigenvalue weighted by molar-refractivity contribution is -0.133. The van der Waals surface area contributed by atoms with Gasteiger partial charge in [0.2, 0.25) is 12.3 Å². The number of amides is 2. The second kappa shape index (κ2) is 15.9. The summed E-state index contributed by atoms with van der Waals surface area (Å²) in [5, 5.41) is 7.44. The molecule has 2 unspecified atom stereocenters. The second-order valence-electron chi connectivity index (χ2n) is 11.9. The second-order valence-corrected chi connectivity index (χ2v) is 11.9. The first-order valence-electron chi connectivity index (χ1n) is 16.2. The number of nitrogens with zero attached hydrogens (tertiary/aromatic N) is 5. The van der Waals surface area contributed by atoms with Crippen LogP contribution in [-0.4, -0.2) is 86.9 Å². The van der Waals surface area contributed by atoms with Crippen molar-refractivity contribution < 1.29 is 32.2 Å². The first-order chi connectivity index (χ1) is 24.1. The molecule has 2 atom stereocenters. The van der Waals surface area contributed by atoms with Crippen LogP contribution in [0.15, 0.2) is 59.4 Å². The third-order valence-corrected chi connectivity index (χ3v) is 8.91. The number of halogens is 3. The summed E-state index contributed by atoms with van der Waals surface area (Å²) in [4.78, 5) is 45.0. The average molecular weight is 696 g/mol. The monoisotopic (exact) mass is 695 g/mol. The standard InChI is InChI=1S/C28H34F2N6O4.C7H6FNO/c1-17(33(2)24-8-7-18(39-3)14-25(24)40-4)26-32-23-16-21(30)20(29)15-19(23)27(37)36(26)35-12-10-34(11-13-35)28(38)22-6-5-9-31-22;8-6-1-3-7(4-2-6)9-5-10/h7-8,14-17,22,31H,5-6,9-13H2,1-4H3;1-5H,(H,9,10). The van der Waals surface area contributed by atoms with Gasteiger partial charge >= 0.3 is 0 Å². The molecule has 0 aliphatic carbocycles. The van der Waals surface area contributed by atoms with Crippen molar-refractivity contribution in [3.63, 3.8) is 0 Å². The number of benzene rings is 3. The quantitative estimate of drug-likeness (QED) is 0.252. The maximum Gasteiger partial charge on any atom is 0.280 e. The lowest BCUT2D eigenvalue weighted by Gasteiger charge is -2.39. The maximum absolute atomic E-state index is 14.2. The van der Waals surface area contributed by atoms with Crippen LogP contribution in [0.3, 0.4) is 0 Å². The molecule has 50 heavy (non-hydrogen) atoms. The third-order valence-electron chi connectivity index (χ3n) is 8.91. The van der Waals surface area contributed by atoms with Gasteiger partial charge in [0.25, 0.3) is 5.56 Å². The third kappa shape index (κ3) is 7.77. The zero-order valence-corrected chi connectivity index (χ0v) is 28.3. The molecule has 2 amide bonds.